The highest BCUT2D eigenvalue weighted by Gasteiger charge is 2.35. The summed E-state index contributed by atoms with van der Waals surface area (Å²) < 4.78 is 0. The van der Waals surface area contributed by atoms with E-state index in [1.54, 1.807) is 0 Å². The van der Waals surface area contributed by atoms with Crippen molar-refractivity contribution in [2.75, 3.05) is 0 Å². The number of amides is 2. The summed E-state index contributed by atoms with van der Waals surface area (Å²) in [5.41, 5.74) is 6.46. The number of nitrogens with two attached hydrogens (primary N) is 1. The van der Waals surface area contributed by atoms with E-state index in [-0.39, 0.29) is 6.03 Å². The third-order valence-electron chi connectivity index (χ3n) is 4.08. The summed E-state index contributed by atoms with van der Waals surface area (Å²) >= 11 is 5.22. The van der Waals surface area contributed by atoms with Gasteiger partial charge in [-0.3, -0.25) is 0 Å². The lowest BCUT2D eigenvalue weighted by Crippen LogP contribution is -2.58. The predicted octanol–water partition coefficient (Wildman–Crippen LogP) is 2.86. The second-order valence-electron chi connectivity index (χ2n) is 5.65. The first-order chi connectivity index (χ1) is 10.1. The standard InChI is InChI=1S/C16H23N3OS/c17-14(21)16(10-6-1-2-7-11-16)19-15(20)18-12-13-8-4-3-5-9-13/h3-5,8-9H,1-2,6-7,10-12H2,(H2,17,21)(H2,18,19,20). The largest absolute Gasteiger partial charge is 0.391 e. The highest BCUT2D eigenvalue weighted by Crippen LogP contribution is 2.27. The van der Waals surface area contributed by atoms with Crippen molar-refractivity contribution in [3.8, 4) is 0 Å². The van der Waals surface area contributed by atoms with Crippen LogP contribution in [0, 0.1) is 0 Å². The van der Waals surface area contributed by atoms with Gasteiger partial charge in [-0.25, -0.2) is 4.79 Å². The van der Waals surface area contributed by atoms with Gasteiger partial charge in [0.15, 0.2) is 0 Å². The molecular formula is C16H23N3OS. The topological polar surface area (TPSA) is 67.1 Å². The van der Waals surface area contributed by atoms with E-state index in [0.717, 1.165) is 31.2 Å². The van der Waals surface area contributed by atoms with Crippen LogP contribution in [0.3, 0.4) is 0 Å². The molecule has 114 valence electrons. The van der Waals surface area contributed by atoms with Gasteiger partial charge in [0.2, 0.25) is 0 Å². The van der Waals surface area contributed by atoms with Crippen LogP contribution in [0.4, 0.5) is 4.79 Å². The molecule has 21 heavy (non-hydrogen) atoms. The van der Waals surface area contributed by atoms with Gasteiger partial charge in [0, 0.05) is 6.54 Å². The molecule has 0 radical (unpaired) electrons. The van der Waals surface area contributed by atoms with Crippen LogP contribution in [-0.4, -0.2) is 16.6 Å². The molecule has 1 aromatic rings. The van der Waals surface area contributed by atoms with E-state index in [9.17, 15) is 4.79 Å². The molecule has 5 heteroatoms. The molecule has 0 atom stereocenters. The molecule has 0 spiro atoms. The van der Waals surface area contributed by atoms with E-state index in [4.69, 9.17) is 18.0 Å². The molecule has 0 bridgehead atoms. The van der Waals surface area contributed by atoms with Gasteiger partial charge < -0.3 is 16.4 Å². The van der Waals surface area contributed by atoms with E-state index >= 15 is 0 Å². The Balaban J connectivity index is 1.93. The predicted molar refractivity (Wildman–Crippen MR) is 89.0 cm³/mol. The lowest BCUT2D eigenvalue weighted by molar-refractivity contribution is 0.230. The molecule has 0 aliphatic heterocycles. The highest BCUT2D eigenvalue weighted by atomic mass is 32.1. The van der Waals surface area contributed by atoms with Crippen LogP contribution in [0.1, 0.15) is 44.1 Å². The van der Waals surface area contributed by atoms with Gasteiger partial charge in [-0.15, -0.1) is 0 Å². The molecule has 1 aliphatic carbocycles. The number of carbonyl (C=O) groups is 1. The van der Waals surface area contributed by atoms with E-state index in [1.807, 2.05) is 30.3 Å². The van der Waals surface area contributed by atoms with Gasteiger partial charge in [-0.2, -0.15) is 0 Å². The number of hydrogen-bond donors (Lipinski definition) is 3. The van der Waals surface area contributed by atoms with Crippen LogP contribution in [0.5, 0.6) is 0 Å². The molecule has 0 saturated heterocycles. The fourth-order valence-corrected chi connectivity index (χ4v) is 3.06. The maximum Gasteiger partial charge on any atom is 0.315 e. The number of urea groups is 1. The minimum atomic E-state index is -0.521. The summed E-state index contributed by atoms with van der Waals surface area (Å²) in [5.74, 6) is 0. The second-order valence-corrected chi connectivity index (χ2v) is 6.09. The average Bonchev–Trinajstić information content (AvgIpc) is 2.73. The number of nitrogens with one attached hydrogen (secondary N) is 2. The van der Waals surface area contributed by atoms with Gasteiger partial charge in [-0.05, 0) is 18.4 Å². The smallest absolute Gasteiger partial charge is 0.315 e. The SMILES string of the molecule is NC(=S)C1(NC(=O)NCc2ccccc2)CCCCCC1. The third kappa shape index (κ3) is 4.43. The first-order valence-electron chi connectivity index (χ1n) is 7.52. The van der Waals surface area contributed by atoms with Crippen LogP contribution >= 0.6 is 12.2 Å². The van der Waals surface area contributed by atoms with Crippen LogP contribution in [0.15, 0.2) is 30.3 Å². The van der Waals surface area contributed by atoms with Crippen molar-refractivity contribution in [1.29, 1.82) is 0 Å². The van der Waals surface area contributed by atoms with E-state index in [2.05, 4.69) is 10.6 Å². The van der Waals surface area contributed by atoms with Crippen molar-refractivity contribution in [3.05, 3.63) is 35.9 Å². The Morgan fingerprint density at radius 3 is 2.33 bits per heavy atom. The number of benzene rings is 1. The minimum Gasteiger partial charge on any atom is -0.391 e. The summed E-state index contributed by atoms with van der Waals surface area (Å²) in [6, 6.07) is 9.63. The molecule has 0 aromatic heterocycles. The molecule has 4 nitrogen and oxygen atoms in total. The van der Waals surface area contributed by atoms with Crippen molar-refractivity contribution < 1.29 is 4.79 Å². The number of rotatable bonds is 4. The number of carbonyl (C=O) groups excluding carboxylic acids is 1. The Morgan fingerprint density at radius 1 is 1.14 bits per heavy atom. The average molecular weight is 305 g/mol. The van der Waals surface area contributed by atoms with E-state index < -0.39 is 5.54 Å². The van der Waals surface area contributed by atoms with Crippen molar-refractivity contribution >= 4 is 23.2 Å². The molecule has 1 fully saturated rings. The van der Waals surface area contributed by atoms with Crippen molar-refractivity contribution in [3.63, 3.8) is 0 Å². The van der Waals surface area contributed by atoms with Gasteiger partial charge in [-0.1, -0.05) is 68.2 Å². The van der Waals surface area contributed by atoms with Crippen LogP contribution in [0.25, 0.3) is 0 Å². The zero-order valence-electron chi connectivity index (χ0n) is 12.2. The first-order valence-corrected chi connectivity index (χ1v) is 7.93. The Kier molecular flexibility index (Phi) is 5.56. The Morgan fingerprint density at radius 2 is 1.76 bits per heavy atom. The monoisotopic (exact) mass is 305 g/mol. The fraction of sp³-hybridized carbons (Fsp3) is 0.500. The molecule has 4 N–H and O–H groups in total. The summed E-state index contributed by atoms with van der Waals surface area (Å²) in [6.07, 6.45) is 6.13. The summed E-state index contributed by atoms with van der Waals surface area (Å²) in [4.78, 5) is 12.6. The normalized spacial score (nSPS) is 17.5. The second kappa shape index (κ2) is 7.41. The molecule has 1 aliphatic rings. The van der Waals surface area contributed by atoms with Crippen LogP contribution < -0.4 is 16.4 Å². The van der Waals surface area contributed by atoms with Gasteiger partial charge >= 0.3 is 6.03 Å². The van der Waals surface area contributed by atoms with Gasteiger partial charge in [0.25, 0.3) is 0 Å². The van der Waals surface area contributed by atoms with Crippen LogP contribution in [0.2, 0.25) is 0 Å². The van der Waals surface area contributed by atoms with Crippen molar-refractivity contribution in [2.45, 2.75) is 50.6 Å². The molecule has 2 amide bonds. The summed E-state index contributed by atoms with van der Waals surface area (Å²) in [6.45, 7) is 0.500. The van der Waals surface area contributed by atoms with Crippen molar-refractivity contribution in [2.24, 2.45) is 5.73 Å². The van der Waals surface area contributed by atoms with Crippen molar-refractivity contribution in [1.82, 2.24) is 10.6 Å². The Bertz CT molecular complexity index is 482. The van der Waals surface area contributed by atoms with Gasteiger partial charge in [0.05, 0.1) is 10.5 Å². The minimum absolute atomic E-state index is 0.200. The van der Waals surface area contributed by atoms with Crippen LogP contribution in [-0.2, 0) is 6.54 Å². The summed E-state index contributed by atoms with van der Waals surface area (Å²) in [7, 11) is 0. The fourth-order valence-electron chi connectivity index (χ4n) is 2.80. The zero-order chi connectivity index (χ0) is 15.1. The molecule has 2 rings (SSSR count). The number of thiocarbonyl (C=S) groups is 1. The van der Waals surface area contributed by atoms with E-state index in [0.29, 0.717) is 11.5 Å². The summed E-state index contributed by atoms with van der Waals surface area (Å²) in [5, 5.41) is 5.91. The zero-order valence-corrected chi connectivity index (χ0v) is 13.0. The lowest BCUT2D eigenvalue weighted by Gasteiger charge is -2.32. The van der Waals surface area contributed by atoms with E-state index in [1.165, 1.54) is 12.8 Å². The maximum absolute atomic E-state index is 12.2. The third-order valence-corrected chi connectivity index (χ3v) is 4.47. The molecule has 0 heterocycles. The van der Waals surface area contributed by atoms with Gasteiger partial charge in [0.1, 0.15) is 0 Å². The Labute approximate surface area is 131 Å². The maximum atomic E-state index is 12.2. The number of hydrogen-bond acceptors (Lipinski definition) is 2. The molecule has 1 aromatic carbocycles. The first kappa shape index (κ1) is 15.8. The molecule has 1 saturated carbocycles. The lowest BCUT2D eigenvalue weighted by atomic mass is 9.90. The molecule has 0 unspecified atom stereocenters. The Hall–Kier alpha value is -1.62. The quantitative estimate of drug-likeness (QED) is 0.592. The molecular weight excluding hydrogens is 282 g/mol. The highest BCUT2D eigenvalue weighted by molar-refractivity contribution is 7.80.